The van der Waals surface area contributed by atoms with E-state index in [4.69, 9.17) is 13.9 Å². The molecule has 32 heavy (non-hydrogen) atoms. The van der Waals surface area contributed by atoms with Crippen LogP contribution in [0.5, 0.6) is 5.75 Å². The first-order chi connectivity index (χ1) is 15.3. The van der Waals surface area contributed by atoms with Crippen LogP contribution in [0.2, 0.25) is 0 Å². The number of esters is 1. The smallest absolute Gasteiger partial charge is 0.349 e. The highest BCUT2D eigenvalue weighted by Crippen LogP contribution is 2.26. The average molecular weight is 440 g/mol. The van der Waals surface area contributed by atoms with E-state index >= 15 is 0 Å². The average Bonchev–Trinajstić information content (AvgIpc) is 2.78. The van der Waals surface area contributed by atoms with Gasteiger partial charge in [0, 0.05) is 17.5 Å². The number of nitrogens with zero attached hydrogens (tertiary/aromatic N) is 1. The van der Waals surface area contributed by atoms with E-state index < -0.39 is 28.5 Å². The van der Waals surface area contributed by atoms with E-state index in [0.717, 1.165) is 0 Å². The third-order valence-electron chi connectivity index (χ3n) is 4.65. The van der Waals surface area contributed by atoms with Crippen LogP contribution in [-0.4, -0.2) is 30.5 Å². The Balaban J connectivity index is 1.97. The zero-order valence-electron chi connectivity index (χ0n) is 17.3. The van der Waals surface area contributed by atoms with E-state index in [1.807, 2.05) is 0 Å². The number of methoxy groups -OCH3 is 1. The second-order valence-corrected chi connectivity index (χ2v) is 6.71. The summed E-state index contributed by atoms with van der Waals surface area (Å²) < 4.78 is 15.4. The van der Waals surface area contributed by atoms with Gasteiger partial charge in [-0.15, -0.1) is 0 Å². The molecule has 1 N–H and O–H groups in total. The van der Waals surface area contributed by atoms with Gasteiger partial charge in [-0.2, -0.15) is 0 Å². The van der Waals surface area contributed by atoms with Crippen molar-refractivity contribution < 1.29 is 28.4 Å². The minimum atomic E-state index is -0.971. The second-order valence-electron chi connectivity index (χ2n) is 6.71. The van der Waals surface area contributed by atoms with Crippen molar-refractivity contribution in [3.8, 4) is 5.75 Å². The highest BCUT2D eigenvalue weighted by atomic mass is 16.6. The van der Waals surface area contributed by atoms with Gasteiger partial charge in [0.25, 0.3) is 11.6 Å². The van der Waals surface area contributed by atoms with Gasteiger partial charge in [0.1, 0.15) is 5.56 Å². The maximum Gasteiger partial charge on any atom is 0.349 e. The molecule has 0 saturated carbocycles. The number of nitrogens with one attached hydrogen (secondary N) is 1. The first-order valence-electron chi connectivity index (χ1n) is 9.65. The quantitative estimate of drug-likeness (QED) is 0.244. The number of hydrogen-bond donors (Lipinski definition) is 1. The molecule has 0 unspecified atom stereocenters. The first-order valence-corrected chi connectivity index (χ1v) is 9.65. The Morgan fingerprint density at radius 2 is 1.94 bits per heavy atom. The maximum atomic E-state index is 12.9. The minimum absolute atomic E-state index is 0.129. The number of fused-ring (bicyclic) bond motifs is 1. The van der Waals surface area contributed by atoms with Crippen LogP contribution in [0.25, 0.3) is 11.0 Å². The SMILES string of the molecule is CCOC(=O)C[C@H](NC(=O)c1cc2cccc(OC)c2oc1=O)c1cccc([N+](=O)[O-])c1. The lowest BCUT2D eigenvalue weighted by molar-refractivity contribution is -0.384. The van der Waals surface area contributed by atoms with Crippen molar-refractivity contribution in [3.05, 3.63) is 80.2 Å². The number of nitro groups is 1. The van der Waals surface area contributed by atoms with E-state index in [1.54, 1.807) is 25.1 Å². The maximum absolute atomic E-state index is 12.9. The number of non-ortho nitro benzene ring substituents is 1. The van der Waals surface area contributed by atoms with Crippen LogP contribution >= 0.6 is 0 Å². The number of para-hydroxylation sites is 1. The van der Waals surface area contributed by atoms with Crippen molar-refractivity contribution in [1.82, 2.24) is 5.32 Å². The van der Waals surface area contributed by atoms with E-state index in [9.17, 15) is 24.5 Å². The number of rotatable bonds is 8. The molecule has 0 fully saturated rings. The molecule has 166 valence electrons. The Hall–Kier alpha value is -4.21. The largest absolute Gasteiger partial charge is 0.493 e. The van der Waals surface area contributed by atoms with E-state index in [0.29, 0.717) is 16.7 Å². The molecular weight excluding hydrogens is 420 g/mol. The van der Waals surface area contributed by atoms with Crippen molar-refractivity contribution >= 4 is 28.5 Å². The fourth-order valence-electron chi connectivity index (χ4n) is 3.17. The number of carbonyl (C=O) groups excluding carboxylic acids is 2. The molecule has 0 spiro atoms. The molecule has 1 amide bonds. The van der Waals surface area contributed by atoms with Gasteiger partial charge in [-0.3, -0.25) is 19.7 Å². The van der Waals surface area contributed by atoms with Gasteiger partial charge >= 0.3 is 11.6 Å². The first kappa shape index (κ1) is 22.5. The summed E-state index contributed by atoms with van der Waals surface area (Å²) in [6, 6.07) is 10.8. The van der Waals surface area contributed by atoms with Gasteiger partial charge in [0.05, 0.1) is 31.1 Å². The van der Waals surface area contributed by atoms with E-state index in [2.05, 4.69) is 5.32 Å². The van der Waals surface area contributed by atoms with Gasteiger partial charge in [0.2, 0.25) is 0 Å². The molecule has 1 atom stereocenters. The van der Waals surface area contributed by atoms with Crippen molar-refractivity contribution in [2.45, 2.75) is 19.4 Å². The van der Waals surface area contributed by atoms with Gasteiger partial charge < -0.3 is 19.2 Å². The fraction of sp³-hybridized carbons (Fsp3) is 0.227. The lowest BCUT2D eigenvalue weighted by Crippen LogP contribution is -2.33. The number of carbonyl (C=O) groups is 2. The predicted octanol–water partition coefficient (Wildman–Crippen LogP) is 3.13. The molecule has 0 aliphatic carbocycles. The molecule has 0 aliphatic rings. The van der Waals surface area contributed by atoms with Gasteiger partial charge in [-0.05, 0) is 24.6 Å². The van der Waals surface area contributed by atoms with Crippen molar-refractivity contribution in [2.75, 3.05) is 13.7 Å². The zero-order chi connectivity index (χ0) is 23.3. The lowest BCUT2D eigenvalue weighted by Gasteiger charge is -2.18. The van der Waals surface area contributed by atoms with E-state index in [1.165, 1.54) is 37.4 Å². The van der Waals surface area contributed by atoms with Crippen LogP contribution in [0.1, 0.15) is 35.3 Å². The molecule has 0 aliphatic heterocycles. The summed E-state index contributed by atoms with van der Waals surface area (Å²) in [5.74, 6) is -1.08. The molecule has 0 saturated heterocycles. The fourth-order valence-corrected chi connectivity index (χ4v) is 3.17. The summed E-state index contributed by atoms with van der Waals surface area (Å²) >= 11 is 0. The number of hydrogen-bond acceptors (Lipinski definition) is 8. The van der Waals surface area contributed by atoms with Gasteiger partial charge in [0.15, 0.2) is 11.3 Å². The Kier molecular flexibility index (Phi) is 6.83. The molecule has 3 aromatic rings. The van der Waals surface area contributed by atoms with Crippen LogP contribution in [0, 0.1) is 10.1 Å². The topological polar surface area (TPSA) is 138 Å². The summed E-state index contributed by atoms with van der Waals surface area (Å²) in [5.41, 5.74) is -0.882. The molecule has 0 bridgehead atoms. The highest BCUT2D eigenvalue weighted by molar-refractivity contribution is 5.97. The molecule has 1 heterocycles. The van der Waals surface area contributed by atoms with Crippen LogP contribution in [0.3, 0.4) is 0 Å². The Labute approximate surface area is 181 Å². The predicted molar refractivity (Wildman–Crippen MR) is 114 cm³/mol. The number of nitro benzene ring substituents is 1. The Bertz CT molecular complexity index is 1230. The molecule has 0 radical (unpaired) electrons. The number of amides is 1. The summed E-state index contributed by atoms with van der Waals surface area (Å²) in [5, 5.41) is 14.2. The lowest BCUT2D eigenvalue weighted by atomic mass is 10.0. The molecule has 1 aromatic heterocycles. The van der Waals surface area contributed by atoms with Crippen molar-refractivity contribution in [2.24, 2.45) is 0 Å². The monoisotopic (exact) mass is 440 g/mol. The van der Waals surface area contributed by atoms with E-state index in [-0.39, 0.29) is 29.9 Å². The normalized spacial score (nSPS) is 11.6. The molecule has 10 heteroatoms. The summed E-state index contributed by atoms with van der Waals surface area (Å²) in [6.45, 7) is 1.76. The van der Waals surface area contributed by atoms with Crippen LogP contribution in [0.15, 0.2) is 57.7 Å². The van der Waals surface area contributed by atoms with Crippen LogP contribution < -0.4 is 15.7 Å². The Morgan fingerprint density at radius 3 is 2.62 bits per heavy atom. The molecule has 3 rings (SSSR count). The van der Waals surface area contributed by atoms with Crippen molar-refractivity contribution in [3.63, 3.8) is 0 Å². The second kappa shape index (κ2) is 9.73. The van der Waals surface area contributed by atoms with Crippen LogP contribution in [0.4, 0.5) is 5.69 Å². The summed E-state index contributed by atoms with van der Waals surface area (Å²) in [6.07, 6.45) is -0.284. The molecule has 10 nitrogen and oxygen atoms in total. The van der Waals surface area contributed by atoms with Gasteiger partial charge in [-0.1, -0.05) is 24.3 Å². The molecular formula is C22H20N2O8. The minimum Gasteiger partial charge on any atom is -0.493 e. The molecule has 2 aromatic carbocycles. The summed E-state index contributed by atoms with van der Waals surface area (Å²) in [4.78, 5) is 48.0. The number of ether oxygens (including phenoxy) is 2. The van der Waals surface area contributed by atoms with Gasteiger partial charge in [-0.25, -0.2) is 4.79 Å². The third kappa shape index (κ3) is 4.91. The standard InChI is InChI=1S/C22H20N2O8/c1-3-31-19(25)12-17(13-6-4-8-15(10-13)24(28)29)23-21(26)16-11-14-7-5-9-18(30-2)20(14)32-22(16)27/h4-11,17H,3,12H2,1-2H3,(H,23,26)/t17-/m0/s1. The zero-order valence-corrected chi connectivity index (χ0v) is 17.3. The number of benzene rings is 2. The summed E-state index contributed by atoms with van der Waals surface area (Å²) in [7, 11) is 1.43. The van der Waals surface area contributed by atoms with Crippen LogP contribution in [-0.2, 0) is 9.53 Å². The van der Waals surface area contributed by atoms with Crippen molar-refractivity contribution in [1.29, 1.82) is 0 Å². The highest BCUT2D eigenvalue weighted by Gasteiger charge is 2.24. The Morgan fingerprint density at radius 1 is 1.19 bits per heavy atom. The third-order valence-corrected chi connectivity index (χ3v) is 4.65.